The molecule has 2 rings (SSSR count). The lowest BCUT2D eigenvalue weighted by molar-refractivity contribution is 0.959. The molecule has 1 nitrogen and oxygen atoms in total. The summed E-state index contributed by atoms with van der Waals surface area (Å²) >= 11 is 1.72. The Kier molecular flexibility index (Phi) is 2.53. The van der Waals surface area contributed by atoms with Crippen LogP contribution in [0.25, 0.3) is 10.1 Å². The van der Waals surface area contributed by atoms with Gasteiger partial charge in [-0.1, -0.05) is 24.0 Å². The van der Waals surface area contributed by atoms with Gasteiger partial charge in [0.2, 0.25) is 0 Å². The largest absolute Gasteiger partial charge is 0.318 e. The second-order valence-corrected chi connectivity index (χ2v) is 4.12. The van der Waals surface area contributed by atoms with Crippen molar-refractivity contribution in [3.8, 4) is 11.8 Å². The Morgan fingerprint density at radius 2 is 2.21 bits per heavy atom. The lowest BCUT2D eigenvalue weighted by Gasteiger charge is -1.94. The Balaban J connectivity index is 2.53. The van der Waals surface area contributed by atoms with Crippen LogP contribution < -0.4 is 5.73 Å². The van der Waals surface area contributed by atoms with Gasteiger partial charge in [0.1, 0.15) is 0 Å². The van der Waals surface area contributed by atoms with Crippen LogP contribution in [0.1, 0.15) is 12.5 Å². The summed E-state index contributed by atoms with van der Waals surface area (Å²) in [5.74, 6) is 6.09. The first-order valence-electron chi connectivity index (χ1n) is 4.51. The fraction of sp³-hybridized carbons (Fsp3) is 0.167. The van der Waals surface area contributed by atoms with Crippen LogP contribution in [-0.2, 0) is 0 Å². The molecule has 0 bridgehead atoms. The third-order valence-corrected chi connectivity index (χ3v) is 2.88. The summed E-state index contributed by atoms with van der Waals surface area (Å²) in [5, 5.41) is 3.34. The van der Waals surface area contributed by atoms with E-state index in [2.05, 4.69) is 29.4 Å². The highest BCUT2D eigenvalue weighted by Crippen LogP contribution is 2.23. The van der Waals surface area contributed by atoms with Crippen molar-refractivity contribution >= 4 is 21.4 Å². The van der Waals surface area contributed by atoms with Crippen molar-refractivity contribution in [2.75, 3.05) is 0 Å². The number of hydrogen-bond donors (Lipinski definition) is 1. The van der Waals surface area contributed by atoms with Crippen LogP contribution >= 0.6 is 11.3 Å². The van der Waals surface area contributed by atoms with Gasteiger partial charge in [0.05, 0.1) is 6.04 Å². The molecule has 1 aromatic heterocycles. The van der Waals surface area contributed by atoms with Crippen LogP contribution in [0.2, 0.25) is 0 Å². The van der Waals surface area contributed by atoms with Gasteiger partial charge in [0, 0.05) is 10.3 Å². The predicted molar refractivity (Wildman–Crippen MR) is 62.4 cm³/mol. The molecule has 0 radical (unpaired) electrons. The zero-order valence-corrected chi connectivity index (χ0v) is 8.77. The summed E-state index contributed by atoms with van der Waals surface area (Å²) in [4.78, 5) is 0. The highest BCUT2D eigenvalue weighted by atomic mass is 32.1. The van der Waals surface area contributed by atoms with E-state index in [1.807, 2.05) is 19.1 Å². The van der Waals surface area contributed by atoms with E-state index >= 15 is 0 Å². The first-order chi connectivity index (χ1) is 6.77. The fourth-order valence-corrected chi connectivity index (χ4v) is 2.15. The quantitative estimate of drug-likeness (QED) is 0.651. The van der Waals surface area contributed by atoms with Crippen LogP contribution in [0.3, 0.4) is 0 Å². The Morgan fingerprint density at radius 1 is 1.36 bits per heavy atom. The van der Waals surface area contributed by atoms with Crippen LogP contribution in [0.4, 0.5) is 0 Å². The van der Waals surface area contributed by atoms with Gasteiger partial charge in [0.25, 0.3) is 0 Å². The van der Waals surface area contributed by atoms with Crippen molar-refractivity contribution in [2.24, 2.45) is 5.73 Å². The lowest BCUT2D eigenvalue weighted by atomic mass is 10.1. The van der Waals surface area contributed by atoms with E-state index in [-0.39, 0.29) is 6.04 Å². The van der Waals surface area contributed by atoms with Crippen molar-refractivity contribution in [3.05, 3.63) is 35.2 Å². The van der Waals surface area contributed by atoms with E-state index in [1.165, 1.54) is 10.1 Å². The van der Waals surface area contributed by atoms with Crippen molar-refractivity contribution in [1.29, 1.82) is 0 Å². The fourth-order valence-electron chi connectivity index (χ4n) is 1.28. The van der Waals surface area contributed by atoms with Crippen molar-refractivity contribution in [2.45, 2.75) is 13.0 Å². The zero-order chi connectivity index (χ0) is 9.97. The number of benzene rings is 1. The van der Waals surface area contributed by atoms with Crippen molar-refractivity contribution in [1.82, 2.24) is 0 Å². The van der Waals surface area contributed by atoms with Crippen LogP contribution in [0.15, 0.2) is 29.6 Å². The monoisotopic (exact) mass is 201 g/mol. The summed E-state index contributed by atoms with van der Waals surface area (Å²) in [7, 11) is 0. The standard InChI is InChI=1S/C12H11NS/c1-9(13)5-6-10-3-2-4-11-7-8-14-12(10)11/h2-4,7-9H,13H2,1H3. The molecule has 2 N–H and O–H groups in total. The molecule has 1 unspecified atom stereocenters. The molecule has 0 aliphatic carbocycles. The Morgan fingerprint density at radius 3 is 3.00 bits per heavy atom. The molecule has 2 aromatic rings. The number of fused-ring (bicyclic) bond motifs is 1. The molecule has 70 valence electrons. The Bertz CT molecular complexity index is 500. The normalized spacial score (nSPS) is 12.1. The first-order valence-corrected chi connectivity index (χ1v) is 5.38. The average Bonchev–Trinajstić information content (AvgIpc) is 2.62. The molecule has 0 amide bonds. The number of rotatable bonds is 0. The summed E-state index contributed by atoms with van der Waals surface area (Å²) in [5.41, 5.74) is 6.67. The van der Waals surface area contributed by atoms with Crippen molar-refractivity contribution < 1.29 is 0 Å². The molecule has 0 aliphatic rings. The highest BCUT2D eigenvalue weighted by molar-refractivity contribution is 7.17. The van der Waals surface area contributed by atoms with Gasteiger partial charge < -0.3 is 5.73 Å². The van der Waals surface area contributed by atoms with E-state index in [0.717, 1.165) is 5.56 Å². The van der Waals surface area contributed by atoms with Gasteiger partial charge in [-0.3, -0.25) is 0 Å². The molecule has 0 spiro atoms. The molecular weight excluding hydrogens is 190 g/mol. The molecule has 0 saturated heterocycles. The molecule has 2 heteroatoms. The minimum Gasteiger partial charge on any atom is -0.318 e. The van der Waals surface area contributed by atoms with E-state index in [4.69, 9.17) is 5.73 Å². The molecule has 14 heavy (non-hydrogen) atoms. The van der Waals surface area contributed by atoms with E-state index in [9.17, 15) is 0 Å². The second-order valence-electron chi connectivity index (χ2n) is 3.20. The van der Waals surface area contributed by atoms with Gasteiger partial charge in [0.15, 0.2) is 0 Å². The zero-order valence-electron chi connectivity index (χ0n) is 7.95. The maximum absolute atomic E-state index is 5.59. The minimum atomic E-state index is -0.0646. The Labute approximate surface area is 87.6 Å². The summed E-state index contributed by atoms with van der Waals surface area (Å²) in [6.07, 6.45) is 0. The third-order valence-electron chi connectivity index (χ3n) is 1.91. The van der Waals surface area contributed by atoms with Crippen LogP contribution in [-0.4, -0.2) is 6.04 Å². The smallest absolute Gasteiger partial charge is 0.0639 e. The number of nitrogens with two attached hydrogens (primary N) is 1. The van der Waals surface area contributed by atoms with Gasteiger partial charge in [-0.25, -0.2) is 0 Å². The SMILES string of the molecule is CC(N)C#Cc1cccc2ccsc12. The van der Waals surface area contributed by atoms with E-state index in [1.54, 1.807) is 11.3 Å². The van der Waals surface area contributed by atoms with Gasteiger partial charge in [-0.05, 0) is 29.8 Å². The second kappa shape index (κ2) is 3.83. The molecule has 0 fully saturated rings. The number of hydrogen-bond acceptors (Lipinski definition) is 2. The molecule has 0 saturated carbocycles. The molecule has 1 heterocycles. The minimum absolute atomic E-state index is 0.0646. The summed E-state index contributed by atoms with van der Waals surface area (Å²) in [6.45, 7) is 1.89. The molecular formula is C12H11NS. The first kappa shape index (κ1) is 9.26. The van der Waals surface area contributed by atoms with E-state index in [0.29, 0.717) is 0 Å². The molecule has 1 atom stereocenters. The van der Waals surface area contributed by atoms with Gasteiger partial charge >= 0.3 is 0 Å². The predicted octanol–water partition coefficient (Wildman–Crippen LogP) is 2.60. The highest BCUT2D eigenvalue weighted by Gasteiger charge is 1.98. The average molecular weight is 201 g/mol. The van der Waals surface area contributed by atoms with E-state index < -0.39 is 0 Å². The maximum Gasteiger partial charge on any atom is 0.0639 e. The van der Waals surface area contributed by atoms with Crippen molar-refractivity contribution in [3.63, 3.8) is 0 Å². The van der Waals surface area contributed by atoms with Crippen LogP contribution in [0.5, 0.6) is 0 Å². The third kappa shape index (κ3) is 1.79. The topological polar surface area (TPSA) is 26.0 Å². The van der Waals surface area contributed by atoms with Gasteiger partial charge in [-0.2, -0.15) is 0 Å². The lowest BCUT2D eigenvalue weighted by Crippen LogP contribution is -2.10. The summed E-state index contributed by atoms with van der Waals surface area (Å²) in [6, 6.07) is 8.21. The van der Waals surface area contributed by atoms with Gasteiger partial charge in [-0.15, -0.1) is 11.3 Å². The van der Waals surface area contributed by atoms with Crippen LogP contribution in [0, 0.1) is 11.8 Å². The molecule has 1 aromatic carbocycles. The number of thiophene rings is 1. The maximum atomic E-state index is 5.59. The molecule has 0 aliphatic heterocycles. The summed E-state index contributed by atoms with van der Waals surface area (Å²) < 4.78 is 1.25. The Hall–Kier alpha value is -1.30.